The number of benzene rings is 1. The van der Waals surface area contributed by atoms with Gasteiger partial charge in [-0.05, 0) is 64.7 Å². The Hall–Kier alpha value is -2.31. The van der Waals surface area contributed by atoms with Crippen LogP contribution in [0.2, 0.25) is 0 Å². The molecule has 0 unspecified atom stereocenters. The van der Waals surface area contributed by atoms with Crippen molar-refractivity contribution in [3.63, 3.8) is 0 Å². The number of carbonyl (C=O) groups excluding carboxylic acids is 2. The van der Waals surface area contributed by atoms with E-state index in [4.69, 9.17) is 9.47 Å². The first-order valence-corrected chi connectivity index (χ1v) is 8.65. The Labute approximate surface area is 153 Å². The van der Waals surface area contributed by atoms with E-state index in [1.165, 1.54) is 13.2 Å². The first-order valence-electron chi connectivity index (χ1n) is 8.65. The van der Waals surface area contributed by atoms with Crippen LogP contribution < -0.4 is 10.1 Å². The summed E-state index contributed by atoms with van der Waals surface area (Å²) in [6.07, 6.45) is 1.32. The van der Waals surface area contributed by atoms with E-state index >= 15 is 0 Å². The third-order valence-electron chi connectivity index (χ3n) is 4.02. The number of esters is 1. The molecule has 0 spiro atoms. The standard InChI is InChI=1S/C19H26FNO5/c1-11-9-12(20)16(17(22)24-5)15(10-11)25-14-8-6-7-13(14)21-18(23)26-19(2,3)4/h9-10,13-14H,6-8H2,1-5H3,(H,21,23)/t13-,14-/m1/s1. The maximum atomic E-state index is 14.2. The molecule has 0 heterocycles. The molecule has 26 heavy (non-hydrogen) atoms. The first-order chi connectivity index (χ1) is 12.1. The zero-order valence-corrected chi connectivity index (χ0v) is 15.8. The Morgan fingerprint density at radius 2 is 1.92 bits per heavy atom. The van der Waals surface area contributed by atoms with Crippen molar-refractivity contribution in [1.29, 1.82) is 0 Å². The molecule has 7 heteroatoms. The van der Waals surface area contributed by atoms with Crippen LogP contribution in [0.4, 0.5) is 9.18 Å². The minimum absolute atomic E-state index is 0.122. The molecule has 0 aliphatic heterocycles. The molecule has 1 fully saturated rings. The Kier molecular flexibility index (Phi) is 6.10. The molecule has 1 N–H and O–H groups in total. The molecule has 0 saturated heterocycles. The Morgan fingerprint density at radius 3 is 2.54 bits per heavy atom. The second-order valence-corrected chi connectivity index (χ2v) is 7.45. The summed E-state index contributed by atoms with van der Waals surface area (Å²) in [7, 11) is 1.19. The summed E-state index contributed by atoms with van der Waals surface area (Å²) < 4.78 is 30.1. The van der Waals surface area contributed by atoms with Gasteiger partial charge in [-0.2, -0.15) is 0 Å². The van der Waals surface area contributed by atoms with Crippen LogP contribution in [-0.2, 0) is 9.47 Å². The van der Waals surface area contributed by atoms with Gasteiger partial charge >= 0.3 is 12.1 Å². The minimum atomic E-state index is -0.799. The van der Waals surface area contributed by atoms with Gasteiger partial charge in [0.25, 0.3) is 0 Å². The number of halogens is 1. The van der Waals surface area contributed by atoms with Crippen LogP contribution in [0, 0.1) is 12.7 Å². The number of carbonyl (C=O) groups is 2. The third-order valence-corrected chi connectivity index (χ3v) is 4.02. The molecule has 2 rings (SSSR count). The van der Waals surface area contributed by atoms with Gasteiger partial charge in [0.15, 0.2) is 0 Å². The van der Waals surface area contributed by atoms with Crippen molar-refractivity contribution in [2.75, 3.05) is 7.11 Å². The second-order valence-electron chi connectivity index (χ2n) is 7.45. The van der Waals surface area contributed by atoms with Crippen molar-refractivity contribution in [2.45, 2.75) is 64.7 Å². The van der Waals surface area contributed by atoms with E-state index in [-0.39, 0.29) is 23.5 Å². The minimum Gasteiger partial charge on any atom is -0.487 e. The summed E-state index contributed by atoms with van der Waals surface area (Å²) >= 11 is 0. The zero-order valence-electron chi connectivity index (χ0n) is 15.8. The van der Waals surface area contributed by atoms with Gasteiger partial charge in [-0.1, -0.05) is 0 Å². The highest BCUT2D eigenvalue weighted by atomic mass is 19.1. The molecule has 0 radical (unpaired) electrons. The second kappa shape index (κ2) is 7.93. The first kappa shape index (κ1) is 20.0. The SMILES string of the molecule is COC(=O)c1c(F)cc(C)cc1O[C@@H]1CCC[C@H]1NC(=O)OC(C)(C)C. The van der Waals surface area contributed by atoms with Crippen LogP contribution in [0.15, 0.2) is 12.1 Å². The van der Waals surface area contributed by atoms with E-state index in [1.54, 1.807) is 33.8 Å². The van der Waals surface area contributed by atoms with Crippen LogP contribution >= 0.6 is 0 Å². The fourth-order valence-corrected chi connectivity index (χ4v) is 2.96. The average Bonchev–Trinajstić information content (AvgIpc) is 2.91. The van der Waals surface area contributed by atoms with Crippen LogP contribution in [0.5, 0.6) is 5.75 Å². The van der Waals surface area contributed by atoms with Gasteiger partial charge < -0.3 is 19.5 Å². The van der Waals surface area contributed by atoms with Crippen molar-refractivity contribution in [1.82, 2.24) is 5.32 Å². The van der Waals surface area contributed by atoms with Gasteiger partial charge in [0, 0.05) is 0 Å². The van der Waals surface area contributed by atoms with E-state index in [9.17, 15) is 14.0 Å². The van der Waals surface area contributed by atoms with Crippen molar-refractivity contribution in [3.05, 3.63) is 29.1 Å². The highest BCUT2D eigenvalue weighted by Crippen LogP contribution is 2.30. The molecule has 1 aliphatic rings. The summed E-state index contributed by atoms with van der Waals surface area (Å²) in [6, 6.07) is 2.57. The third kappa shape index (κ3) is 5.09. The number of rotatable bonds is 4. The van der Waals surface area contributed by atoms with E-state index in [1.807, 2.05) is 0 Å². The Bertz CT molecular complexity index is 683. The number of methoxy groups -OCH3 is 1. The molecule has 1 saturated carbocycles. The van der Waals surface area contributed by atoms with Crippen LogP contribution in [0.3, 0.4) is 0 Å². The molecule has 1 aromatic carbocycles. The quantitative estimate of drug-likeness (QED) is 0.821. The molecule has 2 atom stereocenters. The van der Waals surface area contributed by atoms with Gasteiger partial charge in [0.1, 0.15) is 28.8 Å². The molecule has 0 aromatic heterocycles. The highest BCUT2D eigenvalue weighted by molar-refractivity contribution is 5.92. The summed E-state index contributed by atoms with van der Waals surface area (Å²) in [5.41, 5.74) is -0.211. The average molecular weight is 367 g/mol. The fraction of sp³-hybridized carbons (Fsp3) is 0.579. The van der Waals surface area contributed by atoms with Gasteiger partial charge in [-0.15, -0.1) is 0 Å². The lowest BCUT2D eigenvalue weighted by Crippen LogP contribution is -2.44. The predicted molar refractivity (Wildman–Crippen MR) is 93.9 cm³/mol. The van der Waals surface area contributed by atoms with Crippen LogP contribution in [0.25, 0.3) is 0 Å². The number of hydrogen-bond donors (Lipinski definition) is 1. The van der Waals surface area contributed by atoms with Crippen molar-refractivity contribution in [3.8, 4) is 5.75 Å². The number of amides is 1. The monoisotopic (exact) mass is 367 g/mol. The maximum absolute atomic E-state index is 14.2. The molecular weight excluding hydrogens is 341 g/mol. The summed E-state index contributed by atoms with van der Waals surface area (Å²) in [5.74, 6) is -1.37. The van der Waals surface area contributed by atoms with E-state index in [0.29, 0.717) is 18.4 Å². The normalized spacial score (nSPS) is 19.8. The van der Waals surface area contributed by atoms with E-state index in [0.717, 1.165) is 6.42 Å². The van der Waals surface area contributed by atoms with Crippen molar-refractivity contribution < 1.29 is 28.2 Å². The fourth-order valence-electron chi connectivity index (χ4n) is 2.96. The molecular formula is C19H26FNO5. The lowest BCUT2D eigenvalue weighted by molar-refractivity contribution is 0.0456. The number of alkyl carbamates (subject to hydrolysis) is 1. The number of hydrogen-bond acceptors (Lipinski definition) is 5. The van der Waals surface area contributed by atoms with E-state index in [2.05, 4.69) is 10.1 Å². The van der Waals surface area contributed by atoms with Gasteiger partial charge in [-0.25, -0.2) is 14.0 Å². The lowest BCUT2D eigenvalue weighted by atomic mass is 10.1. The molecule has 144 valence electrons. The largest absolute Gasteiger partial charge is 0.487 e. The van der Waals surface area contributed by atoms with Crippen LogP contribution in [-0.4, -0.2) is 36.9 Å². The maximum Gasteiger partial charge on any atom is 0.408 e. The lowest BCUT2D eigenvalue weighted by Gasteiger charge is -2.26. The Morgan fingerprint density at radius 1 is 1.23 bits per heavy atom. The molecule has 1 amide bonds. The van der Waals surface area contributed by atoms with E-state index < -0.39 is 23.5 Å². The van der Waals surface area contributed by atoms with Crippen molar-refractivity contribution in [2.24, 2.45) is 0 Å². The van der Waals surface area contributed by atoms with Gasteiger partial charge in [0.2, 0.25) is 0 Å². The highest BCUT2D eigenvalue weighted by Gasteiger charge is 2.33. The topological polar surface area (TPSA) is 73.9 Å². The Balaban J connectivity index is 2.17. The molecule has 0 bridgehead atoms. The summed E-state index contributed by atoms with van der Waals surface area (Å²) in [6.45, 7) is 7.07. The summed E-state index contributed by atoms with van der Waals surface area (Å²) in [5, 5.41) is 2.80. The molecule has 1 aromatic rings. The number of nitrogens with one attached hydrogen (secondary N) is 1. The zero-order chi connectivity index (χ0) is 19.5. The van der Waals surface area contributed by atoms with Crippen LogP contribution in [0.1, 0.15) is 56.0 Å². The smallest absolute Gasteiger partial charge is 0.408 e. The summed E-state index contributed by atoms with van der Waals surface area (Å²) in [4.78, 5) is 23.9. The van der Waals surface area contributed by atoms with Gasteiger partial charge in [0.05, 0.1) is 13.2 Å². The number of aryl methyl sites for hydroxylation is 1. The predicted octanol–water partition coefficient (Wildman–Crippen LogP) is 3.75. The van der Waals surface area contributed by atoms with Gasteiger partial charge in [-0.3, -0.25) is 0 Å². The van der Waals surface area contributed by atoms with Crippen molar-refractivity contribution >= 4 is 12.1 Å². The molecule has 1 aliphatic carbocycles. The number of ether oxygens (including phenoxy) is 3. The molecule has 6 nitrogen and oxygen atoms in total.